The van der Waals surface area contributed by atoms with Gasteiger partial charge in [0.15, 0.2) is 0 Å². The van der Waals surface area contributed by atoms with E-state index < -0.39 is 5.60 Å². The summed E-state index contributed by atoms with van der Waals surface area (Å²) >= 11 is 0. The van der Waals surface area contributed by atoms with Gasteiger partial charge in [0.2, 0.25) is 5.82 Å². The second-order valence-electron chi connectivity index (χ2n) is 4.32. The zero-order valence-electron chi connectivity index (χ0n) is 10.9. The van der Waals surface area contributed by atoms with E-state index >= 15 is 0 Å². The van der Waals surface area contributed by atoms with Crippen LogP contribution >= 0.6 is 0 Å². The number of aromatic nitrogens is 3. The Morgan fingerprint density at radius 3 is 2.67 bits per heavy atom. The number of rotatable bonds is 4. The van der Waals surface area contributed by atoms with E-state index in [0.717, 1.165) is 5.69 Å². The lowest BCUT2D eigenvalue weighted by atomic mass is 10.1. The Kier molecular flexibility index (Phi) is 3.29. The maximum Gasteiger partial charge on any atom is 0.276 e. The van der Waals surface area contributed by atoms with Gasteiger partial charge in [-0.25, -0.2) is 4.98 Å². The number of hydrogen-bond donors (Lipinski definition) is 1. The van der Waals surface area contributed by atoms with Crippen molar-refractivity contribution in [3.63, 3.8) is 0 Å². The van der Waals surface area contributed by atoms with E-state index in [4.69, 9.17) is 9.26 Å². The van der Waals surface area contributed by atoms with Crippen LogP contribution in [0.2, 0.25) is 0 Å². The Morgan fingerprint density at radius 2 is 2.11 bits per heavy atom. The molecule has 0 aliphatic rings. The molecule has 6 nitrogen and oxygen atoms in total. The highest BCUT2D eigenvalue weighted by molar-refractivity contribution is 5.51. The van der Waals surface area contributed by atoms with Crippen LogP contribution in [-0.4, -0.2) is 29.3 Å². The largest absolute Gasteiger partial charge is 0.387 e. The summed E-state index contributed by atoms with van der Waals surface area (Å²) in [5, 5.41) is 6.91. The lowest BCUT2D eigenvalue weighted by molar-refractivity contribution is 0.00973. The Morgan fingerprint density at radius 1 is 1.33 bits per heavy atom. The molecule has 2 aromatic heterocycles. The number of hydrogen-bond acceptors (Lipinski definition) is 6. The molecule has 0 bridgehead atoms. The Hall–Kier alpha value is -1.95. The first kappa shape index (κ1) is 12.5. The molecule has 6 heteroatoms. The van der Waals surface area contributed by atoms with Gasteiger partial charge in [-0.15, -0.1) is 0 Å². The molecular weight excluding hydrogens is 232 g/mol. The number of ether oxygens (including phenoxy) is 1. The fourth-order valence-electron chi connectivity index (χ4n) is 1.33. The van der Waals surface area contributed by atoms with Crippen LogP contribution in [0.3, 0.4) is 0 Å². The first-order chi connectivity index (χ1) is 8.56. The average molecular weight is 248 g/mol. The van der Waals surface area contributed by atoms with Gasteiger partial charge in [0, 0.05) is 14.2 Å². The minimum Gasteiger partial charge on any atom is -0.387 e. The Balaban J connectivity index is 2.29. The summed E-state index contributed by atoms with van der Waals surface area (Å²) in [5.74, 6) is 0.886. The molecule has 0 saturated heterocycles. The zero-order valence-corrected chi connectivity index (χ0v) is 10.9. The second-order valence-corrected chi connectivity index (χ2v) is 4.32. The van der Waals surface area contributed by atoms with Gasteiger partial charge in [-0.05, 0) is 26.0 Å². The first-order valence-corrected chi connectivity index (χ1v) is 5.60. The second kappa shape index (κ2) is 4.73. The highest BCUT2D eigenvalue weighted by atomic mass is 16.5. The summed E-state index contributed by atoms with van der Waals surface area (Å²) in [4.78, 5) is 8.53. The van der Waals surface area contributed by atoms with Gasteiger partial charge in [-0.1, -0.05) is 5.16 Å². The third kappa shape index (κ3) is 2.33. The first-order valence-electron chi connectivity index (χ1n) is 5.60. The summed E-state index contributed by atoms with van der Waals surface area (Å²) in [6.07, 6.45) is 1.71. The predicted octanol–water partition coefficient (Wildman–Crippen LogP) is 2.05. The highest BCUT2D eigenvalue weighted by Crippen LogP contribution is 2.23. The maximum absolute atomic E-state index is 5.29. The minimum atomic E-state index is -0.577. The van der Waals surface area contributed by atoms with Crippen LogP contribution in [0, 0.1) is 0 Å². The molecule has 96 valence electrons. The van der Waals surface area contributed by atoms with Crippen LogP contribution in [0.4, 0.5) is 5.69 Å². The summed E-state index contributed by atoms with van der Waals surface area (Å²) < 4.78 is 10.5. The molecule has 0 radical (unpaired) electrons. The van der Waals surface area contributed by atoms with Crippen LogP contribution in [0.25, 0.3) is 11.6 Å². The molecule has 0 spiro atoms. The van der Waals surface area contributed by atoms with Gasteiger partial charge in [-0.3, -0.25) is 0 Å². The smallest absolute Gasteiger partial charge is 0.276 e. The van der Waals surface area contributed by atoms with Gasteiger partial charge < -0.3 is 14.6 Å². The van der Waals surface area contributed by atoms with Gasteiger partial charge in [0.05, 0.1) is 11.9 Å². The molecule has 0 unspecified atom stereocenters. The van der Waals surface area contributed by atoms with E-state index in [9.17, 15) is 0 Å². The topological polar surface area (TPSA) is 73.1 Å². The fraction of sp³-hybridized carbons (Fsp3) is 0.417. The lowest BCUT2D eigenvalue weighted by Gasteiger charge is -2.17. The summed E-state index contributed by atoms with van der Waals surface area (Å²) in [6, 6.07) is 3.72. The van der Waals surface area contributed by atoms with Crippen molar-refractivity contribution in [2.24, 2.45) is 0 Å². The van der Waals surface area contributed by atoms with Crippen molar-refractivity contribution in [1.29, 1.82) is 0 Å². The van der Waals surface area contributed by atoms with Crippen molar-refractivity contribution >= 4 is 5.69 Å². The van der Waals surface area contributed by atoms with Crippen molar-refractivity contribution in [2.45, 2.75) is 19.4 Å². The van der Waals surface area contributed by atoms with E-state index in [1.807, 2.05) is 33.0 Å². The number of pyridine rings is 1. The van der Waals surface area contributed by atoms with Gasteiger partial charge in [-0.2, -0.15) is 4.98 Å². The van der Waals surface area contributed by atoms with E-state index in [-0.39, 0.29) is 0 Å². The third-order valence-electron chi connectivity index (χ3n) is 2.75. The minimum absolute atomic E-state index is 0.387. The summed E-state index contributed by atoms with van der Waals surface area (Å²) in [5.41, 5.74) is 0.988. The number of nitrogens with zero attached hydrogens (tertiary/aromatic N) is 3. The molecular formula is C12H16N4O2. The molecule has 0 amide bonds. The Bertz CT molecular complexity index is 519. The van der Waals surface area contributed by atoms with Gasteiger partial charge in [0.1, 0.15) is 11.3 Å². The zero-order chi connectivity index (χ0) is 13.2. The van der Waals surface area contributed by atoms with Crippen LogP contribution < -0.4 is 5.32 Å². The van der Waals surface area contributed by atoms with Crippen LogP contribution in [-0.2, 0) is 10.3 Å². The van der Waals surface area contributed by atoms with Crippen LogP contribution in [0.15, 0.2) is 22.9 Å². The molecule has 2 rings (SSSR count). The molecule has 0 fully saturated rings. The van der Waals surface area contributed by atoms with Crippen molar-refractivity contribution in [3.05, 3.63) is 24.2 Å². The molecule has 0 saturated carbocycles. The molecule has 0 aromatic carbocycles. The molecule has 18 heavy (non-hydrogen) atoms. The average Bonchev–Trinajstić information content (AvgIpc) is 2.89. The molecule has 0 aliphatic carbocycles. The van der Waals surface area contributed by atoms with E-state index in [1.54, 1.807) is 13.3 Å². The molecule has 0 aliphatic heterocycles. The lowest BCUT2D eigenvalue weighted by Crippen LogP contribution is -2.21. The third-order valence-corrected chi connectivity index (χ3v) is 2.75. The van der Waals surface area contributed by atoms with Crippen molar-refractivity contribution in [1.82, 2.24) is 15.1 Å². The van der Waals surface area contributed by atoms with Gasteiger partial charge >= 0.3 is 0 Å². The molecule has 1 N–H and O–H groups in total. The van der Waals surface area contributed by atoms with Crippen molar-refractivity contribution < 1.29 is 9.26 Å². The monoisotopic (exact) mass is 248 g/mol. The molecule has 2 aromatic rings. The van der Waals surface area contributed by atoms with Crippen LogP contribution in [0.1, 0.15) is 19.7 Å². The predicted molar refractivity (Wildman–Crippen MR) is 67.1 cm³/mol. The van der Waals surface area contributed by atoms with Crippen molar-refractivity contribution in [3.8, 4) is 11.6 Å². The summed E-state index contributed by atoms with van der Waals surface area (Å²) in [7, 11) is 3.44. The Labute approximate surface area is 105 Å². The molecule has 2 heterocycles. The van der Waals surface area contributed by atoms with Crippen molar-refractivity contribution in [2.75, 3.05) is 19.5 Å². The standard InChI is InChI=1S/C12H16N4O2/c1-12(2,17-4)11-15-10(18-16-11)9-6-5-8(13-3)7-14-9/h5-7,13H,1-4H3. The number of nitrogens with one attached hydrogen (secondary N) is 1. The summed E-state index contributed by atoms with van der Waals surface area (Å²) in [6.45, 7) is 3.75. The highest BCUT2D eigenvalue weighted by Gasteiger charge is 2.26. The van der Waals surface area contributed by atoms with E-state index in [2.05, 4.69) is 20.4 Å². The fourth-order valence-corrected chi connectivity index (χ4v) is 1.33. The number of anilines is 1. The quantitative estimate of drug-likeness (QED) is 0.892. The normalized spacial score (nSPS) is 11.6. The van der Waals surface area contributed by atoms with Crippen LogP contribution in [0.5, 0.6) is 0 Å². The number of methoxy groups -OCH3 is 1. The molecule has 0 atom stereocenters. The van der Waals surface area contributed by atoms with Gasteiger partial charge in [0.25, 0.3) is 5.89 Å². The SMILES string of the molecule is CNc1ccc(-c2nc(C(C)(C)OC)no2)nc1. The van der Waals surface area contributed by atoms with E-state index in [1.165, 1.54) is 0 Å². The maximum atomic E-state index is 5.29. The van der Waals surface area contributed by atoms with E-state index in [0.29, 0.717) is 17.4 Å².